The highest BCUT2D eigenvalue weighted by Gasteiger charge is 2.17. The van der Waals surface area contributed by atoms with Crippen LogP contribution in [0.3, 0.4) is 0 Å². The van der Waals surface area contributed by atoms with Gasteiger partial charge in [-0.1, -0.05) is 11.3 Å². The summed E-state index contributed by atoms with van der Waals surface area (Å²) in [6.45, 7) is 7.14. The van der Waals surface area contributed by atoms with Gasteiger partial charge in [0.2, 0.25) is 0 Å². The summed E-state index contributed by atoms with van der Waals surface area (Å²) >= 11 is 1.35. The van der Waals surface area contributed by atoms with Crippen LogP contribution in [0.1, 0.15) is 36.4 Å². The fraction of sp³-hybridized carbons (Fsp3) is 0.692. The SMILES string of the molecule is CCN(CC)c1nc(N)c(C(=O)NCCCCOC)s1. The van der Waals surface area contributed by atoms with Crippen LogP contribution in [0.5, 0.6) is 0 Å². The Balaban J connectivity index is 2.55. The zero-order valence-corrected chi connectivity index (χ0v) is 13.3. The lowest BCUT2D eigenvalue weighted by molar-refractivity contribution is 0.0956. The number of nitrogens with one attached hydrogen (secondary N) is 1. The summed E-state index contributed by atoms with van der Waals surface area (Å²) in [7, 11) is 1.67. The molecule has 1 aromatic heterocycles. The first kappa shape index (κ1) is 16.7. The number of unbranched alkanes of at least 4 members (excludes halogenated alkanes) is 1. The van der Waals surface area contributed by atoms with Crippen LogP contribution in [0.15, 0.2) is 0 Å². The smallest absolute Gasteiger partial charge is 0.265 e. The van der Waals surface area contributed by atoms with Gasteiger partial charge in [-0.25, -0.2) is 4.98 Å². The minimum atomic E-state index is -0.143. The number of anilines is 2. The highest BCUT2D eigenvalue weighted by Crippen LogP contribution is 2.27. The number of carbonyl (C=O) groups excluding carboxylic acids is 1. The number of aromatic nitrogens is 1. The van der Waals surface area contributed by atoms with Crippen molar-refractivity contribution in [1.82, 2.24) is 10.3 Å². The maximum absolute atomic E-state index is 12.0. The molecule has 0 bridgehead atoms. The molecule has 1 rings (SSSR count). The number of methoxy groups -OCH3 is 1. The van der Waals surface area contributed by atoms with E-state index in [1.54, 1.807) is 7.11 Å². The van der Waals surface area contributed by atoms with Crippen LogP contribution in [-0.4, -0.2) is 44.2 Å². The zero-order valence-electron chi connectivity index (χ0n) is 12.4. The van der Waals surface area contributed by atoms with Crippen LogP contribution in [-0.2, 0) is 4.74 Å². The number of nitrogen functional groups attached to an aromatic ring is 1. The molecule has 0 aliphatic carbocycles. The second kappa shape index (κ2) is 8.76. The molecule has 0 spiro atoms. The first-order chi connectivity index (χ1) is 9.63. The molecule has 20 heavy (non-hydrogen) atoms. The Labute approximate surface area is 124 Å². The van der Waals surface area contributed by atoms with Crippen molar-refractivity contribution in [2.75, 3.05) is 44.0 Å². The molecule has 0 saturated carbocycles. The standard InChI is InChI=1S/C13H24N4O2S/c1-4-17(5-2)13-16-11(14)10(20-13)12(18)15-8-6-7-9-19-3/h4-9,14H2,1-3H3,(H,15,18). The number of nitrogens with two attached hydrogens (primary N) is 1. The van der Waals surface area contributed by atoms with Gasteiger partial charge in [-0.2, -0.15) is 0 Å². The lowest BCUT2D eigenvalue weighted by Crippen LogP contribution is -2.24. The number of ether oxygens (including phenoxy) is 1. The average molecular weight is 300 g/mol. The van der Waals surface area contributed by atoms with Gasteiger partial charge >= 0.3 is 0 Å². The third kappa shape index (κ3) is 4.64. The Morgan fingerprint density at radius 1 is 1.40 bits per heavy atom. The Hall–Kier alpha value is -1.34. The molecular formula is C13H24N4O2S. The van der Waals surface area contributed by atoms with Crippen LogP contribution in [0.25, 0.3) is 0 Å². The predicted molar refractivity (Wildman–Crippen MR) is 83.5 cm³/mol. The third-order valence-corrected chi connectivity index (χ3v) is 4.07. The molecule has 0 fully saturated rings. The van der Waals surface area contributed by atoms with E-state index >= 15 is 0 Å². The Bertz CT molecular complexity index is 419. The van der Waals surface area contributed by atoms with Gasteiger partial charge in [0.1, 0.15) is 10.7 Å². The molecule has 1 amide bonds. The number of carbonyl (C=O) groups is 1. The molecule has 6 nitrogen and oxygen atoms in total. The molecule has 1 aromatic rings. The molecule has 1 heterocycles. The lowest BCUT2D eigenvalue weighted by Gasteiger charge is -2.16. The maximum atomic E-state index is 12.0. The Kier molecular flexibility index (Phi) is 7.32. The van der Waals surface area contributed by atoms with E-state index in [0.717, 1.165) is 31.1 Å². The van der Waals surface area contributed by atoms with E-state index in [0.29, 0.717) is 23.8 Å². The van der Waals surface area contributed by atoms with Crippen molar-refractivity contribution in [3.8, 4) is 0 Å². The van der Waals surface area contributed by atoms with Crippen molar-refractivity contribution >= 4 is 28.2 Å². The van der Waals surface area contributed by atoms with Crippen molar-refractivity contribution in [1.29, 1.82) is 0 Å². The van der Waals surface area contributed by atoms with Crippen molar-refractivity contribution < 1.29 is 9.53 Å². The monoisotopic (exact) mass is 300 g/mol. The Morgan fingerprint density at radius 3 is 2.70 bits per heavy atom. The first-order valence-corrected chi connectivity index (χ1v) is 7.74. The van der Waals surface area contributed by atoms with Crippen molar-refractivity contribution in [2.45, 2.75) is 26.7 Å². The topological polar surface area (TPSA) is 80.5 Å². The number of hydrogen-bond donors (Lipinski definition) is 2. The van der Waals surface area contributed by atoms with E-state index in [2.05, 4.69) is 29.0 Å². The number of thiazole rings is 1. The van der Waals surface area contributed by atoms with Gasteiger partial charge in [-0.3, -0.25) is 4.79 Å². The van der Waals surface area contributed by atoms with Gasteiger partial charge in [0.25, 0.3) is 5.91 Å². The predicted octanol–water partition coefficient (Wildman–Crippen LogP) is 1.73. The molecule has 0 unspecified atom stereocenters. The zero-order chi connectivity index (χ0) is 15.0. The van der Waals surface area contributed by atoms with Crippen molar-refractivity contribution in [3.05, 3.63) is 4.88 Å². The molecular weight excluding hydrogens is 276 g/mol. The molecule has 7 heteroatoms. The molecule has 0 aliphatic rings. The minimum Gasteiger partial charge on any atom is -0.385 e. The second-order valence-corrected chi connectivity index (χ2v) is 5.32. The lowest BCUT2D eigenvalue weighted by atomic mass is 10.3. The van der Waals surface area contributed by atoms with Gasteiger partial charge in [0, 0.05) is 33.4 Å². The van der Waals surface area contributed by atoms with Crippen LogP contribution in [0.4, 0.5) is 10.9 Å². The summed E-state index contributed by atoms with van der Waals surface area (Å²) in [6, 6.07) is 0. The quantitative estimate of drug-likeness (QED) is 0.679. The van der Waals surface area contributed by atoms with Crippen LogP contribution < -0.4 is 16.0 Å². The van der Waals surface area contributed by atoms with Gasteiger partial charge in [0.15, 0.2) is 5.13 Å². The van der Waals surface area contributed by atoms with E-state index in [1.165, 1.54) is 11.3 Å². The third-order valence-electron chi connectivity index (χ3n) is 2.94. The normalized spacial score (nSPS) is 10.6. The summed E-state index contributed by atoms with van der Waals surface area (Å²) in [4.78, 5) is 18.9. The summed E-state index contributed by atoms with van der Waals surface area (Å²) in [5.41, 5.74) is 5.83. The molecule has 0 aliphatic heterocycles. The Morgan fingerprint density at radius 2 is 2.10 bits per heavy atom. The van der Waals surface area contributed by atoms with E-state index in [9.17, 15) is 4.79 Å². The van der Waals surface area contributed by atoms with E-state index in [4.69, 9.17) is 10.5 Å². The van der Waals surface area contributed by atoms with E-state index in [-0.39, 0.29) is 5.91 Å². The first-order valence-electron chi connectivity index (χ1n) is 6.92. The fourth-order valence-electron chi connectivity index (χ4n) is 1.77. The van der Waals surface area contributed by atoms with Gasteiger partial charge < -0.3 is 20.7 Å². The van der Waals surface area contributed by atoms with Crippen molar-refractivity contribution in [3.63, 3.8) is 0 Å². The fourth-order valence-corrected chi connectivity index (χ4v) is 2.79. The summed E-state index contributed by atoms with van der Waals surface area (Å²) in [6.07, 6.45) is 1.82. The number of hydrogen-bond acceptors (Lipinski definition) is 6. The van der Waals surface area contributed by atoms with Gasteiger partial charge in [-0.05, 0) is 26.7 Å². The maximum Gasteiger partial charge on any atom is 0.265 e. The van der Waals surface area contributed by atoms with Gasteiger partial charge in [0.05, 0.1) is 0 Å². The number of nitrogens with zero attached hydrogens (tertiary/aromatic N) is 2. The van der Waals surface area contributed by atoms with E-state index < -0.39 is 0 Å². The van der Waals surface area contributed by atoms with Gasteiger partial charge in [-0.15, -0.1) is 0 Å². The molecule has 0 atom stereocenters. The van der Waals surface area contributed by atoms with Crippen molar-refractivity contribution in [2.24, 2.45) is 0 Å². The van der Waals surface area contributed by atoms with Crippen LogP contribution in [0, 0.1) is 0 Å². The van der Waals surface area contributed by atoms with Crippen LogP contribution >= 0.6 is 11.3 Å². The molecule has 0 radical (unpaired) electrons. The molecule has 3 N–H and O–H groups in total. The highest BCUT2D eigenvalue weighted by atomic mass is 32.1. The number of amides is 1. The largest absolute Gasteiger partial charge is 0.385 e. The van der Waals surface area contributed by atoms with Crippen LogP contribution in [0.2, 0.25) is 0 Å². The highest BCUT2D eigenvalue weighted by molar-refractivity contribution is 7.18. The number of rotatable bonds is 9. The minimum absolute atomic E-state index is 0.143. The average Bonchev–Trinajstić information content (AvgIpc) is 2.82. The molecule has 0 aromatic carbocycles. The summed E-state index contributed by atoms with van der Waals surface area (Å²) < 4.78 is 4.96. The van der Waals surface area contributed by atoms with E-state index in [1.807, 2.05) is 0 Å². The second-order valence-electron chi connectivity index (χ2n) is 4.34. The molecule has 0 saturated heterocycles. The summed E-state index contributed by atoms with van der Waals surface area (Å²) in [5, 5.41) is 3.67. The summed E-state index contributed by atoms with van der Waals surface area (Å²) in [5.74, 6) is 0.169. The molecule has 114 valence electrons.